The molecule has 0 saturated heterocycles. The van der Waals surface area contributed by atoms with Crippen molar-refractivity contribution in [2.45, 2.75) is 32.9 Å². The Morgan fingerprint density at radius 2 is 2.05 bits per heavy atom. The summed E-state index contributed by atoms with van der Waals surface area (Å²) in [5.41, 5.74) is 2.27. The maximum Gasteiger partial charge on any atom is 0.0775 e. The van der Waals surface area contributed by atoms with E-state index in [1.165, 1.54) is 0 Å². The van der Waals surface area contributed by atoms with Gasteiger partial charge in [0.25, 0.3) is 0 Å². The normalized spacial score (nSPS) is 12.6. The van der Waals surface area contributed by atoms with Crippen molar-refractivity contribution in [1.82, 2.24) is 20.1 Å². The smallest absolute Gasteiger partial charge is 0.0775 e. The molecule has 2 aromatic heterocycles. The molecule has 0 aromatic carbocycles. The van der Waals surface area contributed by atoms with Crippen LogP contribution in [0.1, 0.15) is 37.6 Å². The van der Waals surface area contributed by atoms with Gasteiger partial charge < -0.3 is 5.32 Å². The van der Waals surface area contributed by atoms with Gasteiger partial charge >= 0.3 is 0 Å². The molecular weight excluding hydrogens is 384 g/mol. The summed E-state index contributed by atoms with van der Waals surface area (Å²) in [7, 11) is 0. The van der Waals surface area contributed by atoms with Gasteiger partial charge in [0.1, 0.15) is 0 Å². The summed E-state index contributed by atoms with van der Waals surface area (Å²) in [6, 6.07) is 2.17. The van der Waals surface area contributed by atoms with Crippen molar-refractivity contribution in [3.8, 4) is 0 Å². The van der Waals surface area contributed by atoms with Crippen LogP contribution < -0.4 is 5.32 Å². The van der Waals surface area contributed by atoms with Crippen molar-refractivity contribution in [3.05, 3.63) is 44.9 Å². The van der Waals surface area contributed by atoms with Gasteiger partial charge in [0.15, 0.2) is 0 Å². The first-order chi connectivity index (χ1) is 9.67. The molecule has 4 nitrogen and oxygen atoms in total. The number of nitrogens with one attached hydrogen (secondary N) is 1. The largest absolute Gasteiger partial charge is 0.305 e. The summed E-state index contributed by atoms with van der Waals surface area (Å²) in [6.45, 7) is 6.04. The average Bonchev–Trinajstić information content (AvgIpc) is 2.78. The summed E-state index contributed by atoms with van der Waals surface area (Å²) >= 11 is 7.11. The molecule has 2 heterocycles. The molecule has 1 atom stereocenters. The monoisotopic (exact) mass is 400 g/mol. The Bertz CT molecular complexity index is 568. The van der Waals surface area contributed by atoms with Crippen LogP contribution in [-0.2, 0) is 6.54 Å². The number of hydrogen-bond donors (Lipinski definition) is 1. The predicted octanol–water partition coefficient (Wildman–Crippen LogP) is 3.91. The van der Waals surface area contributed by atoms with Crippen LogP contribution >= 0.6 is 31.9 Å². The Labute approximate surface area is 136 Å². The molecule has 0 bridgehead atoms. The van der Waals surface area contributed by atoms with E-state index in [0.29, 0.717) is 0 Å². The molecule has 2 rings (SSSR count). The second-order valence-electron chi connectivity index (χ2n) is 4.53. The van der Waals surface area contributed by atoms with Crippen molar-refractivity contribution >= 4 is 31.9 Å². The highest BCUT2D eigenvalue weighted by molar-refractivity contribution is 9.10. The molecule has 0 fully saturated rings. The molecule has 6 heteroatoms. The van der Waals surface area contributed by atoms with Crippen LogP contribution in [0.25, 0.3) is 0 Å². The Morgan fingerprint density at radius 3 is 2.70 bits per heavy atom. The van der Waals surface area contributed by atoms with Gasteiger partial charge in [0, 0.05) is 23.4 Å². The van der Waals surface area contributed by atoms with Crippen LogP contribution in [0.2, 0.25) is 0 Å². The van der Waals surface area contributed by atoms with Crippen molar-refractivity contribution in [2.24, 2.45) is 0 Å². The Kier molecular flexibility index (Phi) is 5.74. The highest BCUT2D eigenvalue weighted by Crippen LogP contribution is 2.29. The standard InChI is InChI=1S/C14H18Br2N4/c1-3-5-20-14(12(16)9-19-20)13(18-4-2)10-6-11(15)8-17-7-10/h6-9,13,18H,3-5H2,1-2H3. The van der Waals surface area contributed by atoms with E-state index < -0.39 is 0 Å². The molecule has 0 spiro atoms. The van der Waals surface area contributed by atoms with Gasteiger partial charge in [0.2, 0.25) is 0 Å². The van der Waals surface area contributed by atoms with Gasteiger partial charge in [-0.25, -0.2) is 0 Å². The molecule has 1 unspecified atom stereocenters. The zero-order valence-electron chi connectivity index (χ0n) is 11.6. The Morgan fingerprint density at radius 1 is 1.25 bits per heavy atom. The van der Waals surface area contributed by atoms with Crippen LogP contribution in [-0.4, -0.2) is 21.3 Å². The summed E-state index contributed by atoms with van der Waals surface area (Å²) in [4.78, 5) is 4.27. The minimum absolute atomic E-state index is 0.0772. The topological polar surface area (TPSA) is 42.7 Å². The minimum atomic E-state index is 0.0772. The third-order valence-electron chi connectivity index (χ3n) is 3.01. The fourth-order valence-corrected chi connectivity index (χ4v) is 3.12. The maximum absolute atomic E-state index is 4.45. The first-order valence-electron chi connectivity index (χ1n) is 6.72. The van der Waals surface area contributed by atoms with Gasteiger partial charge in [-0.1, -0.05) is 13.8 Å². The lowest BCUT2D eigenvalue weighted by molar-refractivity contribution is 0.518. The van der Waals surface area contributed by atoms with Crippen molar-refractivity contribution in [3.63, 3.8) is 0 Å². The van der Waals surface area contributed by atoms with E-state index in [1.807, 2.05) is 12.4 Å². The molecule has 0 aliphatic carbocycles. The summed E-state index contributed by atoms with van der Waals surface area (Å²) in [6.07, 6.45) is 6.61. The molecule has 20 heavy (non-hydrogen) atoms. The first kappa shape index (κ1) is 15.7. The van der Waals surface area contributed by atoms with Crippen LogP contribution in [0.5, 0.6) is 0 Å². The number of hydrogen-bond acceptors (Lipinski definition) is 3. The summed E-state index contributed by atoms with van der Waals surface area (Å²) < 4.78 is 4.06. The minimum Gasteiger partial charge on any atom is -0.305 e. The molecule has 0 radical (unpaired) electrons. The summed E-state index contributed by atoms with van der Waals surface area (Å²) in [5.74, 6) is 0. The first-order valence-corrected chi connectivity index (χ1v) is 8.31. The fraction of sp³-hybridized carbons (Fsp3) is 0.429. The number of nitrogens with zero attached hydrogens (tertiary/aromatic N) is 3. The van der Waals surface area contributed by atoms with E-state index in [0.717, 1.165) is 39.7 Å². The molecule has 0 aliphatic rings. The van der Waals surface area contributed by atoms with E-state index in [4.69, 9.17) is 0 Å². The molecule has 2 aromatic rings. The average molecular weight is 402 g/mol. The van der Waals surface area contributed by atoms with E-state index in [-0.39, 0.29) is 6.04 Å². The third kappa shape index (κ3) is 3.48. The zero-order valence-corrected chi connectivity index (χ0v) is 14.8. The number of pyridine rings is 1. The van der Waals surface area contributed by atoms with Gasteiger partial charge in [-0.3, -0.25) is 9.67 Å². The molecule has 108 valence electrons. The maximum atomic E-state index is 4.45. The van der Waals surface area contributed by atoms with Gasteiger partial charge in [-0.2, -0.15) is 5.10 Å². The van der Waals surface area contributed by atoms with Crippen molar-refractivity contribution in [1.29, 1.82) is 0 Å². The van der Waals surface area contributed by atoms with Crippen LogP contribution in [0.4, 0.5) is 0 Å². The van der Waals surface area contributed by atoms with E-state index in [2.05, 4.69) is 71.9 Å². The quantitative estimate of drug-likeness (QED) is 0.797. The Balaban J connectivity index is 2.45. The lowest BCUT2D eigenvalue weighted by Crippen LogP contribution is -2.25. The van der Waals surface area contributed by atoms with Crippen LogP contribution in [0.15, 0.2) is 33.6 Å². The van der Waals surface area contributed by atoms with Crippen molar-refractivity contribution in [2.75, 3.05) is 6.54 Å². The lowest BCUT2D eigenvalue weighted by atomic mass is 10.1. The molecule has 1 N–H and O–H groups in total. The molecule has 0 aliphatic heterocycles. The van der Waals surface area contributed by atoms with E-state index in [1.54, 1.807) is 6.20 Å². The molecule has 0 saturated carbocycles. The van der Waals surface area contributed by atoms with Gasteiger partial charge in [-0.15, -0.1) is 0 Å². The van der Waals surface area contributed by atoms with E-state index >= 15 is 0 Å². The zero-order chi connectivity index (χ0) is 14.5. The summed E-state index contributed by atoms with van der Waals surface area (Å²) in [5, 5.41) is 7.97. The van der Waals surface area contributed by atoms with E-state index in [9.17, 15) is 0 Å². The van der Waals surface area contributed by atoms with Gasteiger partial charge in [0.05, 0.1) is 22.4 Å². The number of aromatic nitrogens is 3. The van der Waals surface area contributed by atoms with Gasteiger partial charge in [-0.05, 0) is 56.5 Å². The second kappa shape index (κ2) is 7.33. The highest BCUT2D eigenvalue weighted by atomic mass is 79.9. The van der Waals surface area contributed by atoms with Crippen LogP contribution in [0, 0.1) is 0 Å². The predicted molar refractivity (Wildman–Crippen MR) is 87.7 cm³/mol. The number of halogens is 2. The fourth-order valence-electron chi connectivity index (χ4n) is 2.21. The lowest BCUT2D eigenvalue weighted by Gasteiger charge is -2.20. The third-order valence-corrected chi connectivity index (χ3v) is 4.05. The highest BCUT2D eigenvalue weighted by Gasteiger charge is 2.21. The number of aryl methyl sites for hydroxylation is 1. The number of rotatable bonds is 6. The SMILES string of the molecule is CCCn1ncc(Br)c1C(NCC)c1cncc(Br)c1. The molecule has 0 amide bonds. The Hall–Kier alpha value is -0.720. The van der Waals surface area contributed by atoms with Crippen molar-refractivity contribution < 1.29 is 0 Å². The van der Waals surface area contributed by atoms with Crippen LogP contribution in [0.3, 0.4) is 0 Å². The molecular formula is C14H18Br2N4. The second-order valence-corrected chi connectivity index (χ2v) is 6.30.